The van der Waals surface area contributed by atoms with Gasteiger partial charge < -0.3 is 5.11 Å². The average molecular weight is 226 g/mol. The Morgan fingerprint density at radius 2 is 1.76 bits per heavy atom. The largest absolute Gasteiger partial charge is 0.507 e. The van der Waals surface area contributed by atoms with E-state index in [4.69, 9.17) is 0 Å². The van der Waals surface area contributed by atoms with Crippen molar-refractivity contribution in [2.24, 2.45) is 5.92 Å². The van der Waals surface area contributed by atoms with Crippen molar-refractivity contribution in [3.8, 4) is 5.75 Å². The standard InChI is InChI=1S/C16H18O/c1-3-14-13(11-12-7-5-6-8-12)9-10-16(17)15(14)4-2/h3-6,9-10,12,17H,1-2,7-8,11H2. The summed E-state index contributed by atoms with van der Waals surface area (Å²) in [5, 5.41) is 9.78. The van der Waals surface area contributed by atoms with Crippen LogP contribution in [0.4, 0.5) is 0 Å². The lowest BCUT2D eigenvalue weighted by Gasteiger charge is -2.14. The summed E-state index contributed by atoms with van der Waals surface area (Å²) >= 11 is 0. The van der Waals surface area contributed by atoms with Crippen molar-refractivity contribution in [1.29, 1.82) is 0 Å². The zero-order chi connectivity index (χ0) is 12.3. The number of phenols is 1. The zero-order valence-corrected chi connectivity index (χ0v) is 10.0. The van der Waals surface area contributed by atoms with E-state index < -0.39 is 0 Å². The maximum Gasteiger partial charge on any atom is 0.123 e. The first-order chi connectivity index (χ1) is 8.26. The van der Waals surface area contributed by atoms with Crippen LogP contribution in [0.5, 0.6) is 5.75 Å². The number of hydrogen-bond donors (Lipinski definition) is 1. The van der Waals surface area contributed by atoms with Crippen molar-refractivity contribution in [1.82, 2.24) is 0 Å². The molecule has 0 amide bonds. The molecule has 1 heteroatoms. The number of allylic oxidation sites excluding steroid dienone is 2. The number of benzene rings is 1. The van der Waals surface area contributed by atoms with Crippen LogP contribution in [0.3, 0.4) is 0 Å². The number of rotatable bonds is 4. The van der Waals surface area contributed by atoms with E-state index in [1.165, 1.54) is 5.56 Å². The van der Waals surface area contributed by atoms with Gasteiger partial charge in [-0.15, -0.1) is 0 Å². The molecule has 0 radical (unpaired) electrons. The summed E-state index contributed by atoms with van der Waals surface area (Å²) in [6.07, 6.45) is 11.3. The van der Waals surface area contributed by atoms with Gasteiger partial charge in [-0.05, 0) is 42.4 Å². The van der Waals surface area contributed by atoms with Gasteiger partial charge >= 0.3 is 0 Å². The molecule has 0 unspecified atom stereocenters. The quantitative estimate of drug-likeness (QED) is 0.763. The van der Waals surface area contributed by atoms with Crippen LogP contribution in [0.25, 0.3) is 12.2 Å². The third-order valence-corrected chi connectivity index (χ3v) is 3.38. The lowest BCUT2D eigenvalue weighted by molar-refractivity contribution is 0.473. The molecule has 1 aliphatic carbocycles. The van der Waals surface area contributed by atoms with Gasteiger partial charge in [0.25, 0.3) is 0 Å². The normalized spacial score (nSPS) is 15.1. The van der Waals surface area contributed by atoms with Crippen molar-refractivity contribution >= 4 is 12.2 Å². The second kappa shape index (κ2) is 5.05. The highest BCUT2D eigenvalue weighted by molar-refractivity contribution is 5.71. The number of hydrogen-bond acceptors (Lipinski definition) is 1. The van der Waals surface area contributed by atoms with Gasteiger partial charge in [-0.2, -0.15) is 0 Å². The summed E-state index contributed by atoms with van der Waals surface area (Å²) in [5.41, 5.74) is 3.07. The van der Waals surface area contributed by atoms with Crippen LogP contribution in [-0.2, 0) is 6.42 Å². The zero-order valence-electron chi connectivity index (χ0n) is 10.0. The molecular weight excluding hydrogens is 208 g/mol. The van der Waals surface area contributed by atoms with Crippen molar-refractivity contribution in [2.45, 2.75) is 19.3 Å². The second-order valence-corrected chi connectivity index (χ2v) is 4.49. The Hall–Kier alpha value is -1.76. The minimum absolute atomic E-state index is 0.281. The molecule has 0 aliphatic heterocycles. The molecule has 0 atom stereocenters. The van der Waals surface area contributed by atoms with Crippen molar-refractivity contribution in [3.05, 3.63) is 54.1 Å². The lowest BCUT2D eigenvalue weighted by atomic mass is 9.91. The van der Waals surface area contributed by atoms with Gasteiger partial charge in [-0.3, -0.25) is 0 Å². The Morgan fingerprint density at radius 3 is 2.35 bits per heavy atom. The molecule has 1 aromatic rings. The van der Waals surface area contributed by atoms with E-state index in [1.54, 1.807) is 12.1 Å². The molecule has 0 saturated carbocycles. The Balaban J connectivity index is 2.32. The molecule has 0 aromatic heterocycles. The fraction of sp³-hybridized carbons (Fsp3) is 0.250. The van der Waals surface area contributed by atoms with Crippen LogP contribution in [0.1, 0.15) is 29.5 Å². The Bertz CT molecular complexity index is 461. The first-order valence-electron chi connectivity index (χ1n) is 6.01. The van der Waals surface area contributed by atoms with Crippen LogP contribution in [0, 0.1) is 5.92 Å². The predicted molar refractivity (Wildman–Crippen MR) is 73.9 cm³/mol. The fourth-order valence-electron chi connectivity index (χ4n) is 2.45. The molecule has 88 valence electrons. The first kappa shape index (κ1) is 11.7. The summed E-state index contributed by atoms with van der Waals surface area (Å²) in [6, 6.07) is 3.75. The summed E-state index contributed by atoms with van der Waals surface area (Å²) in [5.74, 6) is 0.971. The molecular formula is C16H18O. The van der Waals surface area contributed by atoms with Gasteiger partial charge in [-0.1, -0.05) is 43.5 Å². The van der Waals surface area contributed by atoms with Crippen LogP contribution < -0.4 is 0 Å². The molecule has 17 heavy (non-hydrogen) atoms. The molecule has 1 N–H and O–H groups in total. The monoisotopic (exact) mass is 226 g/mol. The molecule has 1 aliphatic rings. The van der Waals surface area contributed by atoms with Gasteiger partial charge in [0.2, 0.25) is 0 Å². The van der Waals surface area contributed by atoms with E-state index >= 15 is 0 Å². The fourth-order valence-corrected chi connectivity index (χ4v) is 2.45. The van der Waals surface area contributed by atoms with Gasteiger partial charge in [0.15, 0.2) is 0 Å². The Kier molecular flexibility index (Phi) is 3.48. The first-order valence-corrected chi connectivity index (χ1v) is 6.01. The van der Waals surface area contributed by atoms with E-state index in [1.807, 2.05) is 12.1 Å². The minimum atomic E-state index is 0.281. The van der Waals surface area contributed by atoms with E-state index in [2.05, 4.69) is 25.3 Å². The average Bonchev–Trinajstić information content (AvgIpc) is 2.83. The summed E-state index contributed by atoms with van der Waals surface area (Å²) < 4.78 is 0. The SMILES string of the molecule is C=Cc1c(O)ccc(CC2CC=CC2)c1C=C. The third kappa shape index (κ3) is 2.33. The molecule has 0 heterocycles. The van der Waals surface area contributed by atoms with E-state index in [0.717, 1.165) is 30.4 Å². The summed E-state index contributed by atoms with van der Waals surface area (Å²) in [7, 11) is 0. The maximum atomic E-state index is 9.78. The van der Waals surface area contributed by atoms with Gasteiger partial charge in [0.05, 0.1) is 0 Å². The maximum absolute atomic E-state index is 9.78. The van der Waals surface area contributed by atoms with E-state index in [-0.39, 0.29) is 5.75 Å². The van der Waals surface area contributed by atoms with Crippen LogP contribution in [-0.4, -0.2) is 5.11 Å². The molecule has 0 spiro atoms. The molecule has 0 fully saturated rings. The summed E-state index contributed by atoms with van der Waals surface area (Å²) in [6.45, 7) is 7.59. The van der Waals surface area contributed by atoms with Crippen molar-refractivity contribution in [2.75, 3.05) is 0 Å². The molecule has 0 saturated heterocycles. The predicted octanol–water partition coefficient (Wildman–Crippen LogP) is 4.19. The minimum Gasteiger partial charge on any atom is -0.507 e. The number of aromatic hydroxyl groups is 1. The van der Waals surface area contributed by atoms with Crippen LogP contribution in [0.15, 0.2) is 37.4 Å². The highest BCUT2D eigenvalue weighted by Gasteiger charge is 2.14. The lowest BCUT2D eigenvalue weighted by Crippen LogP contribution is -2.02. The van der Waals surface area contributed by atoms with Gasteiger partial charge in [0.1, 0.15) is 5.75 Å². The van der Waals surface area contributed by atoms with Gasteiger partial charge in [-0.25, -0.2) is 0 Å². The van der Waals surface area contributed by atoms with Gasteiger partial charge in [0, 0.05) is 5.56 Å². The third-order valence-electron chi connectivity index (χ3n) is 3.38. The molecule has 1 aromatic carbocycles. The summed E-state index contributed by atoms with van der Waals surface area (Å²) in [4.78, 5) is 0. The smallest absolute Gasteiger partial charge is 0.123 e. The van der Waals surface area contributed by atoms with Crippen molar-refractivity contribution < 1.29 is 5.11 Å². The van der Waals surface area contributed by atoms with E-state index in [9.17, 15) is 5.11 Å². The molecule has 2 rings (SSSR count). The highest BCUT2D eigenvalue weighted by Crippen LogP contribution is 2.30. The van der Waals surface area contributed by atoms with Crippen molar-refractivity contribution in [3.63, 3.8) is 0 Å². The molecule has 0 bridgehead atoms. The second-order valence-electron chi connectivity index (χ2n) is 4.49. The van der Waals surface area contributed by atoms with Crippen LogP contribution in [0.2, 0.25) is 0 Å². The topological polar surface area (TPSA) is 20.2 Å². The Labute approximate surface area is 103 Å². The van der Waals surface area contributed by atoms with Crippen LogP contribution >= 0.6 is 0 Å². The highest BCUT2D eigenvalue weighted by atomic mass is 16.3. The molecule has 1 nitrogen and oxygen atoms in total. The Morgan fingerprint density at radius 1 is 1.12 bits per heavy atom. The number of phenolic OH excluding ortho intramolecular Hbond substituents is 1. The van der Waals surface area contributed by atoms with E-state index in [0.29, 0.717) is 5.92 Å².